The fourth-order valence-electron chi connectivity index (χ4n) is 1.37. The van der Waals surface area contributed by atoms with Gasteiger partial charge in [0, 0.05) is 11.1 Å². The van der Waals surface area contributed by atoms with Gasteiger partial charge in [-0.3, -0.25) is 0 Å². The number of halogens is 1. The maximum Gasteiger partial charge on any atom is 0.157 e. The second-order valence-electron chi connectivity index (χ2n) is 3.89. The molecule has 0 bridgehead atoms. The largest absolute Gasteiger partial charge is 0.489 e. The van der Waals surface area contributed by atoms with E-state index in [4.69, 9.17) is 22.1 Å². The summed E-state index contributed by atoms with van der Waals surface area (Å²) in [5.74, 6) is 0.697. The minimum atomic E-state index is 0.00418. The van der Waals surface area contributed by atoms with E-state index < -0.39 is 0 Å². The molecule has 0 saturated carbocycles. The molecule has 1 aromatic carbocycles. The van der Waals surface area contributed by atoms with Gasteiger partial charge in [-0.1, -0.05) is 17.7 Å². The van der Waals surface area contributed by atoms with Crippen LogP contribution in [0.25, 0.3) is 5.69 Å². The molecular weight excluding hydrogens is 238 g/mol. The Balaban J connectivity index is 2.12. The standard InChI is InChI=1S/C12H14ClN3O/c1-9(14)8-17-12-6-15-16(7-12)11-4-2-3-10(13)5-11/h2-7,9H,8,14H2,1H3. The molecule has 1 heterocycles. The molecule has 0 amide bonds. The van der Waals surface area contributed by atoms with Crippen molar-refractivity contribution in [1.29, 1.82) is 0 Å². The first-order valence-electron chi connectivity index (χ1n) is 5.34. The van der Waals surface area contributed by atoms with Crippen molar-refractivity contribution >= 4 is 11.6 Å². The van der Waals surface area contributed by atoms with Gasteiger partial charge in [0.15, 0.2) is 5.75 Å². The molecule has 0 aliphatic carbocycles. The molecule has 1 unspecified atom stereocenters. The molecule has 0 spiro atoms. The van der Waals surface area contributed by atoms with E-state index in [1.165, 1.54) is 0 Å². The average Bonchev–Trinajstić information content (AvgIpc) is 2.75. The molecule has 1 atom stereocenters. The molecule has 0 aliphatic rings. The highest BCUT2D eigenvalue weighted by Gasteiger charge is 2.03. The molecular formula is C12H14ClN3O. The van der Waals surface area contributed by atoms with E-state index in [1.807, 2.05) is 31.2 Å². The Labute approximate surface area is 105 Å². The summed E-state index contributed by atoms with van der Waals surface area (Å²) in [4.78, 5) is 0. The van der Waals surface area contributed by atoms with Crippen molar-refractivity contribution in [1.82, 2.24) is 9.78 Å². The molecule has 17 heavy (non-hydrogen) atoms. The van der Waals surface area contributed by atoms with E-state index in [-0.39, 0.29) is 6.04 Å². The van der Waals surface area contributed by atoms with Crippen LogP contribution in [-0.2, 0) is 0 Å². The molecule has 0 radical (unpaired) electrons. The summed E-state index contributed by atoms with van der Waals surface area (Å²) in [6.07, 6.45) is 3.46. The first-order chi connectivity index (χ1) is 8.15. The summed E-state index contributed by atoms with van der Waals surface area (Å²) >= 11 is 5.92. The maximum atomic E-state index is 5.92. The van der Waals surface area contributed by atoms with Crippen LogP contribution in [0.4, 0.5) is 0 Å². The quantitative estimate of drug-likeness (QED) is 0.907. The van der Waals surface area contributed by atoms with E-state index in [0.29, 0.717) is 17.4 Å². The lowest BCUT2D eigenvalue weighted by Gasteiger charge is -2.05. The Morgan fingerprint density at radius 2 is 2.35 bits per heavy atom. The summed E-state index contributed by atoms with van der Waals surface area (Å²) in [5.41, 5.74) is 6.50. The van der Waals surface area contributed by atoms with Gasteiger partial charge in [-0.05, 0) is 25.1 Å². The Bertz CT molecular complexity index is 496. The van der Waals surface area contributed by atoms with Gasteiger partial charge in [0.05, 0.1) is 18.1 Å². The Morgan fingerprint density at radius 3 is 3.06 bits per heavy atom. The van der Waals surface area contributed by atoms with Gasteiger partial charge in [0.2, 0.25) is 0 Å². The summed E-state index contributed by atoms with van der Waals surface area (Å²) < 4.78 is 7.17. The van der Waals surface area contributed by atoms with E-state index >= 15 is 0 Å². The summed E-state index contributed by atoms with van der Waals surface area (Å²) in [6.45, 7) is 2.36. The minimum absolute atomic E-state index is 0.00418. The van der Waals surface area contributed by atoms with Crippen LogP contribution < -0.4 is 10.5 Å². The zero-order valence-corrected chi connectivity index (χ0v) is 10.3. The number of benzene rings is 1. The topological polar surface area (TPSA) is 53.1 Å². The van der Waals surface area contributed by atoms with Gasteiger partial charge in [-0.25, -0.2) is 4.68 Å². The van der Waals surface area contributed by atoms with Crippen molar-refractivity contribution in [2.45, 2.75) is 13.0 Å². The van der Waals surface area contributed by atoms with Crippen LogP contribution in [0.1, 0.15) is 6.92 Å². The van der Waals surface area contributed by atoms with Crippen LogP contribution in [0.3, 0.4) is 0 Å². The number of hydrogen-bond donors (Lipinski definition) is 1. The van der Waals surface area contributed by atoms with Crippen LogP contribution in [0.15, 0.2) is 36.7 Å². The number of ether oxygens (including phenoxy) is 1. The Kier molecular flexibility index (Phi) is 3.66. The molecule has 1 aromatic heterocycles. The second kappa shape index (κ2) is 5.21. The Morgan fingerprint density at radius 1 is 1.53 bits per heavy atom. The van der Waals surface area contributed by atoms with Crippen LogP contribution in [0, 0.1) is 0 Å². The van der Waals surface area contributed by atoms with E-state index in [1.54, 1.807) is 17.1 Å². The maximum absolute atomic E-state index is 5.92. The van der Waals surface area contributed by atoms with Crippen LogP contribution in [0.5, 0.6) is 5.75 Å². The van der Waals surface area contributed by atoms with Gasteiger partial charge in [-0.2, -0.15) is 5.10 Å². The zero-order valence-electron chi connectivity index (χ0n) is 9.51. The molecule has 0 fully saturated rings. The van der Waals surface area contributed by atoms with Crippen LogP contribution >= 0.6 is 11.6 Å². The minimum Gasteiger partial charge on any atom is -0.489 e. The highest BCUT2D eigenvalue weighted by molar-refractivity contribution is 6.30. The highest BCUT2D eigenvalue weighted by Crippen LogP contribution is 2.17. The molecule has 2 aromatic rings. The predicted molar refractivity (Wildman–Crippen MR) is 67.7 cm³/mol. The SMILES string of the molecule is CC(N)COc1cnn(-c2cccc(Cl)c2)c1. The van der Waals surface area contributed by atoms with Crippen molar-refractivity contribution < 1.29 is 4.74 Å². The van der Waals surface area contributed by atoms with Crippen molar-refractivity contribution in [3.05, 3.63) is 41.7 Å². The highest BCUT2D eigenvalue weighted by atomic mass is 35.5. The summed E-state index contributed by atoms with van der Waals surface area (Å²) in [5, 5.41) is 4.87. The molecule has 2 N–H and O–H groups in total. The smallest absolute Gasteiger partial charge is 0.157 e. The number of nitrogens with zero attached hydrogens (tertiary/aromatic N) is 2. The average molecular weight is 252 g/mol. The lowest BCUT2D eigenvalue weighted by Crippen LogP contribution is -2.23. The molecule has 2 rings (SSSR count). The number of nitrogens with two attached hydrogens (primary N) is 1. The molecule has 4 nitrogen and oxygen atoms in total. The van der Waals surface area contributed by atoms with Crippen LogP contribution in [-0.4, -0.2) is 22.4 Å². The first-order valence-corrected chi connectivity index (χ1v) is 5.72. The van der Waals surface area contributed by atoms with Gasteiger partial charge in [-0.15, -0.1) is 0 Å². The molecule has 5 heteroatoms. The first kappa shape index (κ1) is 12.0. The molecule has 0 saturated heterocycles. The monoisotopic (exact) mass is 251 g/mol. The molecule has 90 valence electrons. The Hall–Kier alpha value is -1.52. The zero-order chi connectivity index (χ0) is 12.3. The van der Waals surface area contributed by atoms with Crippen molar-refractivity contribution in [2.24, 2.45) is 5.73 Å². The summed E-state index contributed by atoms with van der Waals surface area (Å²) in [6, 6.07) is 7.46. The normalized spacial score (nSPS) is 12.4. The molecule has 0 aliphatic heterocycles. The van der Waals surface area contributed by atoms with Crippen LogP contribution in [0.2, 0.25) is 5.02 Å². The lowest BCUT2D eigenvalue weighted by atomic mass is 10.3. The number of rotatable bonds is 4. The number of aromatic nitrogens is 2. The van der Waals surface area contributed by atoms with Crippen molar-refractivity contribution in [3.8, 4) is 11.4 Å². The predicted octanol–water partition coefficient (Wildman–Crippen LogP) is 2.25. The summed E-state index contributed by atoms with van der Waals surface area (Å²) in [7, 11) is 0. The van der Waals surface area contributed by atoms with E-state index in [0.717, 1.165) is 5.69 Å². The fraction of sp³-hybridized carbons (Fsp3) is 0.250. The third-order valence-corrected chi connectivity index (χ3v) is 2.38. The second-order valence-corrected chi connectivity index (χ2v) is 4.33. The fourth-order valence-corrected chi connectivity index (χ4v) is 1.55. The van der Waals surface area contributed by atoms with Gasteiger partial charge in [0.1, 0.15) is 6.61 Å². The van der Waals surface area contributed by atoms with Gasteiger partial charge < -0.3 is 10.5 Å². The van der Waals surface area contributed by atoms with E-state index in [9.17, 15) is 0 Å². The third kappa shape index (κ3) is 3.22. The van der Waals surface area contributed by atoms with Crippen molar-refractivity contribution in [2.75, 3.05) is 6.61 Å². The van der Waals surface area contributed by atoms with Crippen molar-refractivity contribution in [3.63, 3.8) is 0 Å². The van der Waals surface area contributed by atoms with Gasteiger partial charge >= 0.3 is 0 Å². The van der Waals surface area contributed by atoms with Gasteiger partial charge in [0.25, 0.3) is 0 Å². The van der Waals surface area contributed by atoms with E-state index in [2.05, 4.69) is 5.10 Å². The number of hydrogen-bond acceptors (Lipinski definition) is 3. The lowest BCUT2D eigenvalue weighted by molar-refractivity contribution is 0.296. The third-order valence-electron chi connectivity index (χ3n) is 2.14.